The summed E-state index contributed by atoms with van der Waals surface area (Å²) in [6.07, 6.45) is 1.05. The Balaban J connectivity index is 2.88. The van der Waals surface area contributed by atoms with Crippen LogP contribution in [0.1, 0.15) is 32.8 Å². The molecule has 0 heterocycles. The van der Waals surface area contributed by atoms with Gasteiger partial charge in [-0.25, -0.2) is 4.79 Å². The molecule has 0 aromatic heterocycles. The fraction of sp³-hybridized carbons (Fsp3) is 0.533. The van der Waals surface area contributed by atoms with E-state index in [2.05, 4.69) is 19.3 Å². The van der Waals surface area contributed by atoms with Crippen molar-refractivity contribution in [1.29, 1.82) is 0 Å². The number of hydrogen-bond donors (Lipinski definition) is 0. The number of carbonyl (C=O) groups excluding carboxylic acids is 1. The molecule has 7 heteroatoms. The third-order valence-corrected chi connectivity index (χ3v) is 3.27. The van der Waals surface area contributed by atoms with E-state index in [4.69, 9.17) is 10.3 Å². The fourth-order valence-electron chi connectivity index (χ4n) is 1.80. The van der Waals surface area contributed by atoms with E-state index in [1.165, 1.54) is 5.56 Å². The summed E-state index contributed by atoms with van der Waals surface area (Å²) in [4.78, 5) is 16.7. The predicted molar refractivity (Wildman–Crippen MR) is 92.1 cm³/mol. The Hall–Kier alpha value is -1.77. The average Bonchev–Trinajstić information content (AvgIpc) is 2.45. The molecule has 0 N–H and O–H groups in total. The van der Waals surface area contributed by atoms with Crippen LogP contribution in [0.2, 0.25) is 0 Å². The molecule has 0 aliphatic heterocycles. The maximum Gasteiger partial charge on any atom is 0.414 e. The van der Waals surface area contributed by atoms with Gasteiger partial charge in [-0.2, -0.15) is 0 Å². The number of azide groups is 1. The van der Waals surface area contributed by atoms with Crippen LogP contribution in [0.15, 0.2) is 29.4 Å². The lowest BCUT2D eigenvalue weighted by atomic mass is 10.2. The molecule has 0 aliphatic carbocycles. The maximum absolute atomic E-state index is 12.4. The van der Waals surface area contributed by atoms with Crippen molar-refractivity contribution in [3.63, 3.8) is 0 Å². The molecule has 0 spiro atoms. The van der Waals surface area contributed by atoms with E-state index in [0.29, 0.717) is 19.5 Å². The van der Waals surface area contributed by atoms with Gasteiger partial charge < -0.3 is 4.74 Å². The molecule has 0 bridgehead atoms. The zero-order chi connectivity index (χ0) is 16.6. The number of amides is 1. The summed E-state index contributed by atoms with van der Waals surface area (Å²) in [6.45, 7) is 6.29. The third-order valence-electron chi connectivity index (χ3n) is 2.80. The van der Waals surface area contributed by atoms with Gasteiger partial charge in [0.25, 0.3) is 0 Å². The first kappa shape index (κ1) is 18.3. The first-order valence-electron chi connectivity index (χ1n) is 7.18. The van der Waals surface area contributed by atoms with E-state index in [0.717, 1.165) is 11.8 Å². The Morgan fingerprint density at radius 3 is 2.50 bits per heavy atom. The van der Waals surface area contributed by atoms with E-state index >= 15 is 0 Å². The van der Waals surface area contributed by atoms with E-state index in [-0.39, 0.29) is 0 Å². The van der Waals surface area contributed by atoms with Gasteiger partial charge in [0.1, 0.15) is 5.60 Å². The fourth-order valence-corrected chi connectivity index (χ4v) is 2.07. The highest BCUT2D eigenvalue weighted by Crippen LogP contribution is 2.20. The van der Waals surface area contributed by atoms with Gasteiger partial charge in [-0.3, -0.25) is 4.90 Å². The Bertz CT molecular complexity index is 533. The highest BCUT2D eigenvalue weighted by Gasteiger charge is 2.23. The SMILES string of the molecule is CC(C)(C)OC(=O)N(CCCN=[N+]=[N-])c1ccc(CP)cc1. The van der Waals surface area contributed by atoms with Crippen molar-refractivity contribution >= 4 is 21.0 Å². The molecule has 0 radical (unpaired) electrons. The number of rotatable bonds is 6. The number of hydrogen-bond acceptors (Lipinski definition) is 3. The zero-order valence-corrected chi connectivity index (χ0v) is 14.5. The van der Waals surface area contributed by atoms with E-state index < -0.39 is 11.7 Å². The number of anilines is 1. The molecule has 1 aromatic carbocycles. The maximum atomic E-state index is 12.4. The van der Waals surface area contributed by atoms with Gasteiger partial charge in [0.15, 0.2) is 0 Å². The molecule has 22 heavy (non-hydrogen) atoms. The molecule has 0 fully saturated rings. The first-order valence-corrected chi connectivity index (χ1v) is 7.99. The van der Waals surface area contributed by atoms with Crippen LogP contribution in [-0.2, 0) is 10.9 Å². The molecule has 0 saturated heterocycles. The number of nitrogens with zero attached hydrogens (tertiary/aromatic N) is 4. The Labute approximate surface area is 133 Å². The van der Waals surface area contributed by atoms with Crippen LogP contribution in [0.5, 0.6) is 0 Å². The lowest BCUT2D eigenvalue weighted by molar-refractivity contribution is 0.0580. The topological polar surface area (TPSA) is 78.3 Å². The monoisotopic (exact) mass is 322 g/mol. The van der Waals surface area contributed by atoms with Crippen LogP contribution in [0.3, 0.4) is 0 Å². The van der Waals surface area contributed by atoms with Crippen molar-refractivity contribution in [2.24, 2.45) is 5.11 Å². The van der Waals surface area contributed by atoms with Crippen molar-refractivity contribution in [2.45, 2.75) is 39.0 Å². The second-order valence-electron chi connectivity index (χ2n) is 5.81. The summed E-state index contributed by atoms with van der Waals surface area (Å²) in [5.74, 6) is 0. The molecule has 0 aliphatic rings. The minimum absolute atomic E-state index is 0.347. The van der Waals surface area contributed by atoms with Crippen molar-refractivity contribution in [3.05, 3.63) is 40.3 Å². The second-order valence-corrected chi connectivity index (χ2v) is 6.22. The molecule has 0 saturated carbocycles. The van der Waals surface area contributed by atoms with Crippen LogP contribution in [0.4, 0.5) is 10.5 Å². The summed E-state index contributed by atoms with van der Waals surface area (Å²) in [5, 5.41) is 3.50. The smallest absolute Gasteiger partial charge is 0.414 e. The molecule has 120 valence electrons. The van der Waals surface area contributed by atoms with Crippen LogP contribution in [0.25, 0.3) is 10.4 Å². The molecule has 1 rings (SSSR count). The zero-order valence-electron chi connectivity index (χ0n) is 13.3. The predicted octanol–water partition coefficient (Wildman–Crippen LogP) is 4.50. The van der Waals surface area contributed by atoms with Gasteiger partial charge in [0.05, 0.1) is 0 Å². The summed E-state index contributed by atoms with van der Waals surface area (Å²) in [5.41, 5.74) is 9.71. The standard InChI is InChI=1S/C15H23N4O2P/c1-15(2,3)21-14(20)19(10-4-9-17-18-16)13-7-5-12(11-22)6-8-13/h5-8H,4,9-11,22H2,1-3H3. The van der Waals surface area contributed by atoms with E-state index in [9.17, 15) is 4.79 Å². The van der Waals surface area contributed by atoms with Gasteiger partial charge in [-0.1, -0.05) is 17.2 Å². The number of carbonyl (C=O) groups is 1. The van der Waals surface area contributed by atoms with Crippen molar-refractivity contribution in [3.8, 4) is 0 Å². The number of ether oxygens (including phenoxy) is 1. The molecule has 1 amide bonds. The third kappa shape index (κ3) is 6.33. The quantitative estimate of drug-likeness (QED) is 0.254. The van der Waals surface area contributed by atoms with E-state index in [1.54, 1.807) is 4.90 Å². The first-order chi connectivity index (χ1) is 10.4. The summed E-state index contributed by atoms with van der Waals surface area (Å²) < 4.78 is 5.45. The minimum Gasteiger partial charge on any atom is -0.443 e. The Morgan fingerprint density at radius 2 is 2.00 bits per heavy atom. The minimum atomic E-state index is -0.555. The van der Waals surface area contributed by atoms with Gasteiger partial charge in [-0.15, -0.1) is 9.24 Å². The molecule has 1 aromatic rings. The number of benzene rings is 1. The normalized spacial score (nSPS) is 10.7. The lowest BCUT2D eigenvalue weighted by Gasteiger charge is -2.27. The second kappa shape index (κ2) is 8.62. The lowest BCUT2D eigenvalue weighted by Crippen LogP contribution is -2.37. The van der Waals surface area contributed by atoms with Crippen LogP contribution >= 0.6 is 9.24 Å². The largest absolute Gasteiger partial charge is 0.443 e. The summed E-state index contributed by atoms with van der Waals surface area (Å²) >= 11 is 0. The molecule has 1 unspecified atom stereocenters. The molecular weight excluding hydrogens is 299 g/mol. The van der Waals surface area contributed by atoms with Crippen molar-refractivity contribution < 1.29 is 9.53 Å². The molecule has 1 atom stereocenters. The summed E-state index contributed by atoms with van der Waals surface area (Å²) in [6, 6.07) is 7.76. The van der Waals surface area contributed by atoms with Crippen LogP contribution < -0.4 is 4.90 Å². The Kier molecular flexibility index (Phi) is 7.16. The van der Waals surface area contributed by atoms with Gasteiger partial charge in [0.2, 0.25) is 0 Å². The van der Waals surface area contributed by atoms with Gasteiger partial charge in [0, 0.05) is 23.7 Å². The van der Waals surface area contributed by atoms with Crippen molar-refractivity contribution in [1.82, 2.24) is 0 Å². The van der Waals surface area contributed by atoms with E-state index in [1.807, 2.05) is 45.0 Å². The molecule has 6 nitrogen and oxygen atoms in total. The van der Waals surface area contributed by atoms with Crippen LogP contribution in [0, 0.1) is 0 Å². The van der Waals surface area contributed by atoms with Crippen molar-refractivity contribution in [2.75, 3.05) is 18.0 Å². The average molecular weight is 322 g/mol. The summed E-state index contributed by atoms with van der Waals surface area (Å²) in [7, 11) is 2.67. The van der Waals surface area contributed by atoms with Gasteiger partial charge in [-0.05, 0) is 56.6 Å². The van der Waals surface area contributed by atoms with Crippen LogP contribution in [-0.4, -0.2) is 24.8 Å². The highest BCUT2D eigenvalue weighted by molar-refractivity contribution is 7.15. The Morgan fingerprint density at radius 1 is 1.36 bits per heavy atom. The molecular formula is C15H23N4O2P. The van der Waals surface area contributed by atoms with Gasteiger partial charge >= 0.3 is 6.09 Å². The highest BCUT2D eigenvalue weighted by atomic mass is 31.0.